The molecule has 0 unspecified atom stereocenters. The molecular weight excluding hydrogens is 324 g/mol. The van der Waals surface area contributed by atoms with E-state index < -0.39 is 17.4 Å². The predicted molar refractivity (Wildman–Crippen MR) is 91.6 cm³/mol. The van der Waals surface area contributed by atoms with Crippen LogP contribution in [0.5, 0.6) is 5.75 Å². The molecule has 1 amide bonds. The van der Waals surface area contributed by atoms with Crippen LogP contribution in [0.4, 0.5) is 5.69 Å². The highest BCUT2D eigenvalue weighted by molar-refractivity contribution is 6.05. The van der Waals surface area contributed by atoms with E-state index in [1.165, 1.54) is 25.3 Å². The molecule has 7 nitrogen and oxygen atoms in total. The molecule has 0 saturated carbocycles. The van der Waals surface area contributed by atoms with Crippen LogP contribution in [0.15, 0.2) is 29.1 Å². The van der Waals surface area contributed by atoms with Crippen LogP contribution in [-0.2, 0) is 12.8 Å². The Labute approximate surface area is 143 Å². The lowest BCUT2D eigenvalue weighted by Gasteiger charge is -2.16. The van der Waals surface area contributed by atoms with Crippen molar-refractivity contribution in [2.45, 2.75) is 25.7 Å². The van der Waals surface area contributed by atoms with Crippen molar-refractivity contribution in [1.82, 2.24) is 4.98 Å². The standard InChI is InChI=1S/C18H18N2O5/c1-25-15-9-11(18(23)24)6-7-14(15)20-17(22)12-8-10-4-2-3-5-13(10)19-16(12)21/h6-9H,2-5H2,1H3,(H,19,21)(H,20,22)(H,23,24). The minimum atomic E-state index is -1.10. The van der Waals surface area contributed by atoms with Gasteiger partial charge >= 0.3 is 5.97 Å². The average Bonchev–Trinajstić information content (AvgIpc) is 2.61. The average molecular weight is 342 g/mol. The predicted octanol–water partition coefficient (Wildman–Crippen LogP) is 2.21. The van der Waals surface area contributed by atoms with Gasteiger partial charge in [0.2, 0.25) is 0 Å². The first kappa shape index (κ1) is 16.8. The summed E-state index contributed by atoms with van der Waals surface area (Å²) in [6.45, 7) is 0. The zero-order valence-electron chi connectivity index (χ0n) is 13.7. The number of carbonyl (C=O) groups excluding carboxylic acids is 1. The smallest absolute Gasteiger partial charge is 0.335 e. The molecule has 0 saturated heterocycles. The largest absolute Gasteiger partial charge is 0.495 e. The van der Waals surface area contributed by atoms with Crippen LogP contribution in [-0.4, -0.2) is 29.1 Å². The molecule has 7 heteroatoms. The molecule has 0 aliphatic heterocycles. The number of carboxylic acids is 1. The number of ether oxygens (including phenoxy) is 1. The number of benzene rings is 1. The van der Waals surface area contributed by atoms with Crippen molar-refractivity contribution in [2.24, 2.45) is 0 Å². The van der Waals surface area contributed by atoms with Gasteiger partial charge in [-0.3, -0.25) is 9.59 Å². The van der Waals surface area contributed by atoms with Crippen LogP contribution in [0.3, 0.4) is 0 Å². The number of pyridine rings is 1. The maximum absolute atomic E-state index is 12.5. The molecule has 1 aromatic heterocycles. The second-order valence-electron chi connectivity index (χ2n) is 5.90. The Hall–Kier alpha value is -3.09. The highest BCUT2D eigenvalue weighted by Gasteiger charge is 2.18. The Bertz CT molecular complexity index is 901. The minimum Gasteiger partial charge on any atom is -0.495 e. The lowest BCUT2D eigenvalue weighted by Crippen LogP contribution is -2.26. The number of aromatic nitrogens is 1. The van der Waals surface area contributed by atoms with Crippen molar-refractivity contribution in [2.75, 3.05) is 12.4 Å². The normalized spacial score (nSPS) is 13.0. The van der Waals surface area contributed by atoms with Crippen LogP contribution in [0, 0.1) is 0 Å². The van der Waals surface area contributed by atoms with Gasteiger partial charge < -0.3 is 20.1 Å². The van der Waals surface area contributed by atoms with Gasteiger partial charge in [0.15, 0.2) is 0 Å². The van der Waals surface area contributed by atoms with Crippen LogP contribution in [0.1, 0.15) is 44.8 Å². The molecule has 1 aliphatic carbocycles. The van der Waals surface area contributed by atoms with Gasteiger partial charge in [-0.25, -0.2) is 4.79 Å². The van der Waals surface area contributed by atoms with E-state index in [2.05, 4.69) is 10.3 Å². The summed E-state index contributed by atoms with van der Waals surface area (Å²) in [7, 11) is 1.38. The third kappa shape index (κ3) is 3.40. The lowest BCUT2D eigenvalue weighted by atomic mass is 9.95. The number of aromatic carboxylic acids is 1. The molecule has 25 heavy (non-hydrogen) atoms. The number of aryl methyl sites for hydroxylation is 2. The molecule has 0 atom stereocenters. The summed E-state index contributed by atoms with van der Waals surface area (Å²) < 4.78 is 5.13. The summed E-state index contributed by atoms with van der Waals surface area (Å²) in [6, 6.07) is 5.75. The number of fused-ring (bicyclic) bond motifs is 1. The second-order valence-corrected chi connectivity index (χ2v) is 5.90. The molecular formula is C18H18N2O5. The summed E-state index contributed by atoms with van der Waals surface area (Å²) in [6.07, 6.45) is 3.71. The Morgan fingerprint density at radius 1 is 1.20 bits per heavy atom. The summed E-state index contributed by atoms with van der Waals surface area (Å²) >= 11 is 0. The topological polar surface area (TPSA) is 108 Å². The van der Waals surface area contributed by atoms with Crippen LogP contribution < -0.4 is 15.6 Å². The molecule has 1 aromatic carbocycles. The molecule has 2 aromatic rings. The zero-order valence-corrected chi connectivity index (χ0v) is 13.7. The second kappa shape index (κ2) is 6.80. The lowest BCUT2D eigenvalue weighted by molar-refractivity contribution is 0.0696. The van der Waals surface area contributed by atoms with Gasteiger partial charge in [0.25, 0.3) is 11.5 Å². The summed E-state index contributed by atoms with van der Waals surface area (Å²) in [5.41, 5.74) is 1.83. The van der Waals surface area contributed by atoms with E-state index in [0.29, 0.717) is 5.69 Å². The van der Waals surface area contributed by atoms with Crippen molar-refractivity contribution in [3.63, 3.8) is 0 Å². The fraction of sp³-hybridized carbons (Fsp3) is 0.278. The number of rotatable bonds is 4. The first-order valence-electron chi connectivity index (χ1n) is 7.97. The number of nitrogens with one attached hydrogen (secondary N) is 2. The molecule has 3 N–H and O–H groups in total. The maximum atomic E-state index is 12.5. The van der Waals surface area contributed by atoms with E-state index in [0.717, 1.165) is 36.9 Å². The van der Waals surface area contributed by atoms with Crippen LogP contribution in [0.25, 0.3) is 0 Å². The van der Waals surface area contributed by atoms with Crippen molar-refractivity contribution in [3.05, 3.63) is 57.0 Å². The van der Waals surface area contributed by atoms with Crippen LogP contribution >= 0.6 is 0 Å². The van der Waals surface area contributed by atoms with Gasteiger partial charge in [0.05, 0.1) is 18.4 Å². The number of amides is 1. The number of hydrogen-bond acceptors (Lipinski definition) is 4. The van der Waals surface area contributed by atoms with Gasteiger partial charge in [-0.1, -0.05) is 0 Å². The maximum Gasteiger partial charge on any atom is 0.335 e. The summed E-state index contributed by atoms with van der Waals surface area (Å²) in [5.74, 6) is -1.44. The Morgan fingerprint density at radius 2 is 1.96 bits per heavy atom. The zero-order chi connectivity index (χ0) is 18.0. The van der Waals surface area contributed by atoms with Gasteiger partial charge in [-0.05, 0) is 55.5 Å². The number of carboxylic acid groups (broad SMARTS) is 1. The van der Waals surface area contributed by atoms with Crippen LogP contribution in [0.2, 0.25) is 0 Å². The fourth-order valence-electron chi connectivity index (χ4n) is 2.96. The molecule has 1 aliphatic rings. The number of methoxy groups -OCH3 is 1. The van der Waals surface area contributed by atoms with Gasteiger partial charge in [0, 0.05) is 5.69 Å². The van der Waals surface area contributed by atoms with E-state index in [1.807, 2.05) is 0 Å². The Kier molecular flexibility index (Phi) is 4.56. The Balaban J connectivity index is 1.90. The van der Waals surface area contributed by atoms with E-state index in [1.54, 1.807) is 6.07 Å². The summed E-state index contributed by atoms with van der Waals surface area (Å²) in [5, 5.41) is 11.6. The highest BCUT2D eigenvalue weighted by atomic mass is 16.5. The highest BCUT2D eigenvalue weighted by Crippen LogP contribution is 2.26. The van der Waals surface area contributed by atoms with Gasteiger partial charge in [-0.15, -0.1) is 0 Å². The molecule has 0 bridgehead atoms. The first-order chi connectivity index (χ1) is 12.0. The van der Waals surface area contributed by atoms with E-state index in [4.69, 9.17) is 9.84 Å². The first-order valence-corrected chi connectivity index (χ1v) is 7.97. The Morgan fingerprint density at radius 3 is 2.68 bits per heavy atom. The third-order valence-corrected chi connectivity index (χ3v) is 4.28. The number of aromatic amines is 1. The quantitative estimate of drug-likeness (QED) is 0.789. The molecule has 0 spiro atoms. The van der Waals surface area contributed by atoms with Gasteiger partial charge in [-0.2, -0.15) is 0 Å². The molecule has 130 valence electrons. The summed E-state index contributed by atoms with van der Waals surface area (Å²) in [4.78, 5) is 38.5. The third-order valence-electron chi connectivity index (χ3n) is 4.28. The minimum absolute atomic E-state index is 0.0324. The number of carbonyl (C=O) groups is 2. The molecule has 0 radical (unpaired) electrons. The molecule has 1 heterocycles. The van der Waals surface area contributed by atoms with Crippen molar-refractivity contribution in [3.8, 4) is 5.75 Å². The monoisotopic (exact) mass is 342 g/mol. The SMILES string of the molecule is COc1cc(C(=O)O)ccc1NC(=O)c1cc2c([nH]c1=O)CCCC2. The van der Waals surface area contributed by atoms with E-state index in [9.17, 15) is 14.4 Å². The van der Waals surface area contributed by atoms with Crippen molar-refractivity contribution < 1.29 is 19.4 Å². The van der Waals surface area contributed by atoms with E-state index in [-0.39, 0.29) is 16.9 Å². The fourth-order valence-corrected chi connectivity index (χ4v) is 2.96. The van der Waals surface area contributed by atoms with Crippen molar-refractivity contribution in [1.29, 1.82) is 0 Å². The number of hydrogen-bond donors (Lipinski definition) is 3. The molecule has 3 rings (SSSR count). The number of H-pyrrole nitrogens is 1. The van der Waals surface area contributed by atoms with Gasteiger partial charge in [0.1, 0.15) is 11.3 Å². The van der Waals surface area contributed by atoms with E-state index >= 15 is 0 Å². The number of anilines is 1. The molecule has 0 fully saturated rings. The van der Waals surface area contributed by atoms with Crippen molar-refractivity contribution >= 4 is 17.6 Å².